The maximum Gasteiger partial charge on any atom is 0.123 e. The lowest BCUT2D eigenvalue weighted by Gasteiger charge is -2.47. The number of nitrogens with zero attached hydrogens (tertiary/aromatic N) is 1. The molecule has 1 heterocycles. The fourth-order valence-electron chi connectivity index (χ4n) is 2.78. The summed E-state index contributed by atoms with van der Waals surface area (Å²) in [5, 5.41) is 3.63. The van der Waals surface area contributed by atoms with Crippen molar-refractivity contribution in [1.82, 2.24) is 10.2 Å². The van der Waals surface area contributed by atoms with Crippen molar-refractivity contribution in [2.24, 2.45) is 5.92 Å². The maximum atomic E-state index is 13.5. The number of halogens is 1. The Balaban J connectivity index is 2.18. The largest absolute Gasteiger partial charge is 0.311 e. The van der Waals surface area contributed by atoms with Crippen LogP contribution in [0.2, 0.25) is 0 Å². The van der Waals surface area contributed by atoms with Crippen molar-refractivity contribution < 1.29 is 4.39 Å². The Labute approximate surface area is 122 Å². The first-order chi connectivity index (χ1) is 9.29. The van der Waals surface area contributed by atoms with Crippen LogP contribution in [0.25, 0.3) is 0 Å². The molecule has 1 saturated heterocycles. The van der Waals surface area contributed by atoms with Gasteiger partial charge in [0, 0.05) is 31.2 Å². The highest BCUT2D eigenvalue weighted by Gasteiger charge is 2.34. The van der Waals surface area contributed by atoms with Gasteiger partial charge in [-0.15, -0.1) is 0 Å². The van der Waals surface area contributed by atoms with E-state index in [1.165, 1.54) is 5.56 Å². The minimum atomic E-state index is -0.140. The summed E-state index contributed by atoms with van der Waals surface area (Å²) in [7, 11) is 0. The summed E-state index contributed by atoms with van der Waals surface area (Å²) in [6.07, 6.45) is 0. The normalized spacial score (nSPS) is 23.2. The fourth-order valence-corrected chi connectivity index (χ4v) is 2.78. The summed E-state index contributed by atoms with van der Waals surface area (Å²) in [5.74, 6) is 0.473. The van der Waals surface area contributed by atoms with Gasteiger partial charge in [0.1, 0.15) is 5.82 Å². The highest BCUT2D eigenvalue weighted by atomic mass is 19.1. The van der Waals surface area contributed by atoms with Crippen LogP contribution >= 0.6 is 0 Å². The Bertz CT molecular complexity index is 468. The first-order valence-corrected chi connectivity index (χ1v) is 7.53. The first-order valence-electron chi connectivity index (χ1n) is 7.53. The zero-order chi connectivity index (χ0) is 14.9. The third kappa shape index (κ3) is 3.39. The van der Waals surface area contributed by atoms with Gasteiger partial charge in [-0.1, -0.05) is 19.9 Å². The maximum absolute atomic E-state index is 13.5. The van der Waals surface area contributed by atoms with E-state index in [2.05, 4.69) is 44.8 Å². The van der Waals surface area contributed by atoms with Crippen molar-refractivity contribution in [2.75, 3.05) is 13.1 Å². The molecule has 0 aromatic heterocycles. The average Bonchev–Trinajstić information content (AvgIpc) is 2.35. The molecule has 0 amide bonds. The highest BCUT2D eigenvalue weighted by molar-refractivity contribution is 5.26. The Hall–Kier alpha value is -0.930. The molecule has 1 unspecified atom stereocenters. The van der Waals surface area contributed by atoms with Crippen molar-refractivity contribution in [3.05, 3.63) is 35.1 Å². The van der Waals surface area contributed by atoms with Gasteiger partial charge in [0.25, 0.3) is 0 Å². The molecule has 1 aliphatic heterocycles. The third-order valence-electron chi connectivity index (χ3n) is 4.55. The number of hydrogen-bond acceptors (Lipinski definition) is 2. The average molecular weight is 278 g/mol. The predicted molar refractivity (Wildman–Crippen MR) is 82.3 cm³/mol. The Morgan fingerprint density at radius 3 is 2.75 bits per heavy atom. The van der Waals surface area contributed by atoms with Gasteiger partial charge >= 0.3 is 0 Å². The molecule has 1 aliphatic rings. The molecular formula is C17H27FN2. The van der Waals surface area contributed by atoms with E-state index in [4.69, 9.17) is 0 Å². The van der Waals surface area contributed by atoms with E-state index in [1.54, 1.807) is 12.1 Å². The molecule has 1 aromatic carbocycles. The third-order valence-corrected chi connectivity index (χ3v) is 4.55. The van der Waals surface area contributed by atoms with Crippen molar-refractivity contribution in [3.8, 4) is 0 Å². The zero-order valence-corrected chi connectivity index (χ0v) is 13.3. The molecule has 2 nitrogen and oxygen atoms in total. The van der Waals surface area contributed by atoms with E-state index in [0.717, 1.165) is 25.2 Å². The van der Waals surface area contributed by atoms with Crippen LogP contribution in [-0.4, -0.2) is 29.6 Å². The smallest absolute Gasteiger partial charge is 0.123 e. The molecule has 112 valence electrons. The second kappa shape index (κ2) is 5.82. The Morgan fingerprint density at radius 1 is 1.40 bits per heavy atom. The second-order valence-corrected chi connectivity index (χ2v) is 7.00. The summed E-state index contributed by atoms with van der Waals surface area (Å²) in [6.45, 7) is 13.9. The minimum Gasteiger partial charge on any atom is -0.311 e. The van der Waals surface area contributed by atoms with Gasteiger partial charge in [0.15, 0.2) is 0 Å². The van der Waals surface area contributed by atoms with E-state index in [0.29, 0.717) is 12.0 Å². The number of rotatable bonds is 3. The summed E-state index contributed by atoms with van der Waals surface area (Å²) in [5.41, 5.74) is 2.37. The predicted octanol–water partition coefficient (Wildman–Crippen LogP) is 3.34. The SMILES string of the molecule is Cc1ccc(F)cc1CN1CC(C(C)C)NCC1(C)C. The molecule has 3 heteroatoms. The highest BCUT2D eigenvalue weighted by Crippen LogP contribution is 2.25. The molecule has 20 heavy (non-hydrogen) atoms. The molecular weight excluding hydrogens is 251 g/mol. The molecule has 2 rings (SSSR count). The van der Waals surface area contributed by atoms with E-state index >= 15 is 0 Å². The number of benzene rings is 1. The quantitative estimate of drug-likeness (QED) is 0.912. The van der Waals surface area contributed by atoms with Crippen LogP contribution in [0.4, 0.5) is 4.39 Å². The van der Waals surface area contributed by atoms with Crippen LogP contribution in [0, 0.1) is 18.7 Å². The van der Waals surface area contributed by atoms with Gasteiger partial charge in [0.05, 0.1) is 0 Å². The number of hydrogen-bond donors (Lipinski definition) is 1. The lowest BCUT2D eigenvalue weighted by Crippen LogP contribution is -2.62. The van der Waals surface area contributed by atoms with Crippen molar-refractivity contribution >= 4 is 0 Å². The molecule has 1 atom stereocenters. The van der Waals surface area contributed by atoms with Crippen LogP contribution < -0.4 is 5.32 Å². The van der Waals surface area contributed by atoms with Gasteiger partial charge in [-0.2, -0.15) is 0 Å². The van der Waals surface area contributed by atoms with Crippen LogP contribution in [0.5, 0.6) is 0 Å². The first kappa shape index (κ1) is 15.5. The van der Waals surface area contributed by atoms with Crippen LogP contribution in [0.15, 0.2) is 18.2 Å². The summed E-state index contributed by atoms with van der Waals surface area (Å²) in [4.78, 5) is 2.48. The van der Waals surface area contributed by atoms with Gasteiger partial charge in [-0.3, -0.25) is 4.90 Å². The van der Waals surface area contributed by atoms with Crippen LogP contribution in [-0.2, 0) is 6.54 Å². The molecule has 0 saturated carbocycles. The Morgan fingerprint density at radius 2 is 2.10 bits per heavy atom. The zero-order valence-electron chi connectivity index (χ0n) is 13.3. The molecule has 0 spiro atoms. The molecule has 1 aromatic rings. The van der Waals surface area contributed by atoms with Gasteiger partial charge < -0.3 is 5.32 Å². The second-order valence-electron chi connectivity index (χ2n) is 7.00. The fraction of sp³-hybridized carbons (Fsp3) is 0.647. The van der Waals surface area contributed by atoms with Gasteiger partial charge in [0.2, 0.25) is 0 Å². The standard InChI is InChI=1S/C17H27FN2/c1-12(2)16-10-20(17(4,5)11-19-16)9-14-8-15(18)7-6-13(14)3/h6-8,12,16,19H,9-11H2,1-5H3. The van der Waals surface area contributed by atoms with Crippen molar-refractivity contribution in [3.63, 3.8) is 0 Å². The van der Waals surface area contributed by atoms with Crippen LogP contribution in [0.3, 0.4) is 0 Å². The van der Waals surface area contributed by atoms with E-state index in [9.17, 15) is 4.39 Å². The molecule has 1 N–H and O–H groups in total. The number of piperazine rings is 1. The summed E-state index contributed by atoms with van der Waals surface area (Å²) < 4.78 is 13.5. The monoisotopic (exact) mass is 278 g/mol. The molecule has 1 fully saturated rings. The van der Waals surface area contributed by atoms with Gasteiger partial charge in [-0.05, 0) is 49.9 Å². The van der Waals surface area contributed by atoms with Crippen molar-refractivity contribution in [2.45, 2.75) is 52.7 Å². The van der Waals surface area contributed by atoms with E-state index in [1.807, 2.05) is 6.07 Å². The molecule has 0 aliphatic carbocycles. The number of nitrogens with one attached hydrogen (secondary N) is 1. The van der Waals surface area contributed by atoms with Crippen LogP contribution in [0.1, 0.15) is 38.8 Å². The lowest BCUT2D eigenvalue weighted by molar-refractivity contribution is 0.0472. The van der Waals surface area contributed by atoms with Gasteiger partial charge in [-0.25, -0.2) is 4.39 Å². The summed E-state index contributed by atoms with van der Waals surface area (Å²) >= 11 is 0. The van der Waals surface area contributed by atoms with Crippen molar-refractivity contribution in [1.29, 1.82) is 0 Å². The molecule has 0 bridgehead atoms. The summed E-state index contributed by atoms with van der Waals surface area (Å²) in [6, 6.07) is 5.60. The molecule has 0 radical (unpaired) electrons. The topological polar surface area (TPSA) is 15.3 Å². The van der Waals surface area contributed by atoms with E-state index in [-0.39, 0.29) is 11.4 Å². The van der Waals surface area contributed by atoms with E-state index < -0.39 is 0 Å². The Kier molecular flexibility index (Phi) is 4.50. The number of aryl methyl sites for hydroxylation is 1. The minimum absolute atomic E-state index is 0.101. The lowest BCUT2D eigenvalue weighted by atomic mass is 9.92.